The van der Waals surface area contributed by atoms with Crippen molar-refractivity contribution in [2.45, 2.75) is 0 Å². The third kappa shape index (κ3) is 4.37. The number of hydrogen-bond acceptors (Lipinski definition) is 6. The van der Waals surface area contributed by atoms with Gasteiger partial charge in [-0.15, -0.1) is 0 Å². The van der Waals surface area contributed by atoms with Crippen LogP contribution < -0.4 is 55.0 Å². The zero-order valence-corrected chi connectivity index (χ0v) is 31.1. The number of allylic oxidation sites excluding steroid dienone is 6. The summed E-state index contributed by atoms with van der Waals surface area (Å²) >= 11 is -5.04. The maximum atomic E-state index is 9.87. The first-order valence-electron chi connectivity index (χ1n) is 16.5. The number of halogens is 12. The van der Waals surface area contributed by atoms with E-state index >= 15 is 0 Å². The minimum absolute atomic E-state index is 1.22. The van der Waals surface area contributed by atoms with Gasteiger partial charge < -0.3 is 0 Å². The third-order valence-electron chi connectivity index (χ3n) is 9.93. The standard InChI is InChI=1S/3C12H8N2.Co.2F6P/c3*1-3-9-5-6-10-4-2-8-14-12(10)11(9)13-7-1;;2*1-7(2,3,4,5)6/h3*1-8H;;;/q3*-2;+6;2*-1. The molecule has 9 heterocycles. The van der Waals surface area contributed by atoms with Gasteiger partial charge >= 0.3 is 313 Å². The molecule has 9 aliphatic heterocycles. The van der Waals surface area contributed by atoms with E-state index in [-0.39, 0.29) is 0 Å². The van der Waals surface area contributed by atoms with Crippen molar-refractivity contribution >= 4 is 86.2 Å². The van der Waals surface area contributed by atoms with Gasteiger partial charge in [0.2, 0.25) is 0 Å². The van der Waals surface area contributed by atoms with Crippen LogP contribution in [0.1, 0.15) is 0 Å². The van der Waals surface area contributed by atoms with Crippen molar-refractivity contribution in [1.82, 2.24) is 0 Å². The van der Waals surface area contributed by atoms with Crippen molar-refractivity contribution < 1.29 is 62.2 Å². The summed E-state index contributed by atoms with van der Waals surface area (Å²) in [6, 6.07) is 13.7. The number of anilines is 6. The van der Waals surface area contributed by atoms with Crippen molar-refractivity contribution in [3.05, 3.63) is 141 Å². The predicted octanol–water partition coefficient (Wildman–Crippen LogP) is 9.29. The number of hydrogen-bond donors (Lipinski definition) is 0. The Morgan fingerprint density at radius 3 is 0.561 bits per heavy atom. The quantitative estimate of drug-likeness (QED) is 0.165. The molecule has 1 spiro atoms. The number of nitrogens with zero attached hydrogens (tertiary/aromatic N) is 6. The maximum absolute atomic E-state index is 10.7. The molecular weight excluding hydrogens is 865 g/mol. The molecule has 0 saturated carbocycles. The number of rotatable bonds is 0. The van der Waals surface area contributed by atoms with Gasteiger partial charge in [-0.25, -0.2) is 0 Å². The van der Waals surface area contributed by atoms with Crippen molar-refractivity contribution in [3.63, 3.8) is 0 Å². The van der Waals surface area contributed by atoms with E-state index in [4.69, 9.17) is 0 Å². The molecule has 57 heavy (non-hydrogen) atoms. The molecule has 0 saturated heterocycles. The van der Waals surface area contributed by atoms with Crippen LogP contribution in [0.3, 0.4) is 0 Å². The van der Waals surface area contributed by atoms with E-state index in [1.807, 2.05) is 0 Å². The molecule has 9 aliphatic rings. The monoisotopic (exact) mass is 889 g/mol. The van der Waals surface area contributed by atoms with Crippen molar-refractivity contribution in [2.24, 2.45) is 0 Å². The summed E-state index contributed by atoms with van der Waals surface area (Å²) in [5.41, 5.74) is 7.41. The SMILES string of the molecule is C1=C[N]2c3c4c(ccc3=C1)=CC=C[N]4[Co]213([N]2C=CC=c4ccc5c(c42)[N]1C=CC=5)[N]1C=CC=c2ccc4c(c21)[N]3C=CC=4.F[P-](F)(F)(F)(F)F.F[P-](F)(F)(F)(F)F. The second kappa shape index (κ2) is 9.02. The summed E-state index contributed by atoms with van der Waals surface area (Å²) in [6.07, 6.45) is 41.0. The fraction of sp³-hybridized carbons (Fsp3) is 0. The van der Waals surface area contributed by atoms with E-state index in [0.29, 0.717) is 0 Å². The summed E-state index contributed by atoms with van der Waals surface area (Å²) in [6.45, 7) is 0. The molecular formula is C36H24CoF12N6P2-2. The second-order valence-electron chi connectivity index (χ2n) is 13.5. The molecule has 6 nitrogen and oxygen atoms in total. The van der Waals surface area contributed by atoms with Gasteiger partial charge in [0.15, 0.2) is 0 Å². The predicted molar refractivity (Wildman–Crippen MR) is 201 cm³/mol. The van der Waals surface area contributed by atoms with Crippen molar-refractivity contribution in [2.75, 3.05) is 23.7 Å². The molecule has 0 unspecified atom stereocenters. The zero-order valence-electron chi connectivity index (χ0n) is 28.3. The van der Waals surface area contributed by atoms with Crippen molar-refractivity contribution in [3.8, 4) is 0 Å². The Balaban J connectivity index is 0.000000246. The van der Waals surface area contributed by atoms with Crippen LogP contribution in [0.25, 0.3) is 36.5 Å². The molecule has 0 N–H and O–H groups in total. The Hall–Kier alpha value is -5.35. The molecule has 21 heteroatoms. The van der Waals surface area contributed by atoms with Crippen LogP contribution in [0.4, 0.5) is 84.5 Å². The fourth-order valence-electron chi connectivity index (χ4n) is 8.51. The van der Waals surface area contributed by atoms with E-state index in [9.17, 15) is 50.4 Å². The van der Waals surface area contributed by atoms with Gasteiger partial charge in [0.25, 0.3) is 0 Å². The summed E-state index contributed by atoms with van der Waals surface area (Å²) in [7, 11) is -21.3. The molecule has 0 aliphatic carbocycles. The van der Waals surface area contributed by atoms with E-state index in [1.54, 1.807) is 0 Å². The fourth-order valence-corrected chi connectivity index (χ4v) is 19.3. The first kappa shape index (κ1) is 36.0. The zero-order chi connectivity index (χ0) is 40.6. The molecule has 0 amide bonds. The van der Waals surface area contributed by atoms with Gasteiger partial charge in [-0.3, -0.25) is 0 Å². The minimum atomic E-state index is -10.7. The molecule has 0 bridgehead atoms. The number of benzene rings is 3. The summed E-state index contributed by atoms with van der Waals surface area (Å²) in [5, 5.41) is 7.33. The first-order valence-corrected chi connectivity index (χ1v) is 23.4. The Morgan fingerprint density at radius 1 is 0.281 bits per heavy atom. The topological polar surface area (TPSA) is 19.4 Å². The van der Waals surface area contributed by atoms with Crippen LogP contribution in [-0.2, 0) is 11.8 Å². The van der Waals surface area contributed by atoms with E-state index < -0.39 is 27.4 Å². The molecule has 0 fully saturated rings. The van der Waals surface area contributed by atoms with E-state index in [0.717, 1.165) is 0 Å². The average Bonchev–Trinajstić information content (AvgIpc) is 3.64. The summed E-state index contributed by atoms with van der Waals surface area (Å²) in [5.74, 6) is 0. The average molecular weight is 889 g/mol. The molecule has 0 radical (unpaired) electrons. The van der Waals surface area contributed by atoms with Gasteiger partial charge in [-0.2, -0.15) is 0 Å². The van der Waals surface area contributed by atoms with E-state index in [2.05, 4.69) is 170 Å². The third-order valence-corrected chi connectivity index (χ3v) is 19.0. The molecule has 12 rings (SSSR count). The van der Waals surface area contributed by atoms with Crippen LogP contribution in [0, 0.1) is 0 Å². The van der Waals surface area contributed by atoms with Gasteiger partial charge in [0.1, 0.15) is 0 Å². The van der Waals surface area contributed by atoms with Gasteiger partial charge in [-0.05, 0) is 0 Å². The van der Waals surface area contributed by atoms with Crippen LogP contribution in [0.2, 0.25) is 0 Å². The van der Waals surface area contributed by atoms with Gasteiger partial charge in [0, 0.05) is 0 Å². The van der Waals surface area contributed by atoms with Crippen molar-refractivity contribution in [1.29, 1.82) is 0 Å². The van der Waals surface area contributed by atoms with Gasteiger partial charge in [0.05, 0.1) is 0 Å². The Bertz CT molecular complexity index is 2590. The van der Waals surface area contributed by atoms with Crippen LogP contribution >= 0.6 is 15.6 Å². The second-order valence-corrected chi connectivity index (χ2v) is 23.5. The molecule has 0 aromatic heterocycles. The molecule has 0 atom stereocenters. The normalized spacial score (nSPS) is 24.2. The van der Waals surface area contributed by atoms with Crippen LogP contribution in [0.5, 0.6) is 0 Å². The summed E-state index contributed by atoms with van der Waals surface area (Å²) in [4.78, 5) is 0. The van der Waals surface area contributed by atoms with Gasteiger partial charge in [-0.1, -0.05) is 0 Å². The Labute approximate surface area is 312 Å². The van der Waals surface area contributed by atoms with Crippen LogP contribution in [-0.4, -0.2) is 0 Å². The molecule has 303 valence electrons. The van der Waals surface area contributed by atoms with E-state index in [1.165, 1.54) is 65.4 Å². The first-order chi connectivity index (χ1) is 26.2. The van der Waals surface area contributed by atoms with Crippen LogP contribution in [0.15, 0.2) is 110 Å². The summed E-state index contributed by atoms with van der Waals surface area (Å²) < 4.78 is 134. The molecule has 3 aromatic carbocycles. The molecule has 3 aromatic rings. The Morgan fingerprint density at radius 2 is 0.421 bits per heavy atom. The Kier molecular flexibility index (Phi) is 5.70.